The van der Waals surface area contributed by atoms with E-state index in [2.05, 4.69) is 0 Å². The van der Waals surface area contributed by atoms with Gasteiger partial charge in [-0.15, -0.1) is 0 Å². The van der Waals surface area contributed by atoms with E-state index >= 15 is 0 Å². The molecule has 6 heavy (non-hydrogen) atoms. The van der Waals surface area contributed by atoms with Gasteiger partial charge in [0, 0.05) is 0 Å². The van der Waals surface area contributed by atoms with E-state index in [1.165, 1.54) is 18.1 Å². The van der Waals surface area contributed by atoms with Gasteiger partial charge in [0.05, 0.1) is 0 Å². The predicted molar refractivity (Wildman–Crippen MR) is 25.7 cm³/mol. The first-order valence-corrected chi connectivity index (χ1v) is 4.69. The molecule has 2 radical (unpaired) electrons. The summed E-state index contributed by atoms with van der Waals surface area (Å²) in [4.78, 5) is 0. The minimum atomic E-state index is 0.108. The van der Waals surface area contributed by atoms with Crippen LogP contribution in [0.4, 0.5) is 0 Å². The molecule has 1 aliphatic rings. The van der Waals surface area contributed by atoms with Gasteiger partial charge in [-0.2, -0.15) is 0 Å². The molecule has 0 bridgehead atoms. The van der Waals surface area contributed by atoms with Crippen molar-refractivity contribution in [3.63, 3.8) is 0 Å². The van der Waals surface area contributed by atoms with Crippen molar-refractivity contribution in [3.05, 3.63) is 0 Å². The van der Waals surface area contributed by atoms with E-state index in [9.17, 15) is 0 Å². The van der Waals surface area contributed by atoms with Crippen LogP contribution < -0.4 is 0 Å². The maximum absolute atomic E-state index is 5.19. The molecule has 0 atom stereocenters. The van der Waals surface area contributed by atoms with Crippen LogP contribution >= 0.6 is 0 Å². The molecule has 2 heteroatoms. The molecule has 0 unspecified atom stereocenters. The molecule has 0 aliphatic carbocycles. The van der Waals surface area contributed by atoms with E-state index in [-0.39, 0.29) is 15.8 Å². The van der Waals surface area contributed by atoms with Crippen molar-refractivity contribution in [2.75, 3.05) is 6.61 Å². The Labute approximate surface area is 44.9 Å². The third-order valence-corrected chi connectivity index (χ3v) is 2.90. The van der Waals surface area contributed by atoms with Gasteiger partial charge in [-0.1, -0.05) is 0 Å². The normalized spacial score (nSPS) is 24.0. The quantitative estimate of drug-likeness (QED) is 0.458. The van der Waals surface area contributed by atoms with Crippen LogP contribution in [-0.2, 0) is 3.76 Å². The molecule has 1 nitrogen and oxygen atoms in total. The minimum absolute atomic E-state index is 0.108. The van der Waals surface area contributed by atoms with Crippen molar-refractivity contribution in [2.24, 2.45) is 0 Å². The standard InChI is InChI=1S/C4H8GeO/c1-2-4-6-5-3-1/h1-4H2. The molecule has 0 amide bonds. The van der Waals surface area contributed by atoms with Gasteiger partial charge in [0.15, 0.2) is 0 Å². The Kier molecular flexibility index (Phi) is 2.05. The molecule has 1 heterocycles. The Hall–Kier alpha value is 0.503. The molecule has 1 rings (SSSR count). The Morgan fingerprint density at radius 2 is 2.33 bits per heavy atom. The Morgan fingerprint density at radius 1 is 1.33 bits per heavy atom. The van der Waals surface area contributed by atoms with Gasteiger partial charge in [-0.3, -0.25) is 0 Å². The first-order chi connectivity index (χ1) is 3.00. The fraction of sp³-hybridized carbons (Fsp3) is 1.00. The third-order valence-electron chi connectivity index (χ3n) is 0.877. The average Bonchev–Trinajstić information content (AvgIpc) is 1.72. The summed E-state index contributed by atoms with van der Waals surface area (Å²) in [5.41, 5.74) is 0. The molecule has 1 fully saturated rings. The van der Waals surface area contributed by atoms with Gasteiger partial charge in [0.25, 0.3) is 0 Å². The second-order valence-electron chi connectivity index (χ2n) is 1.45. The fourth-order valence-corrected chi connectivity index (χ4v) is 2.25. The van der Waals surface area contributed by atoms with Gasteiger partial charge >= 0.3 is 44.2 Å². The zero-order valence-electron chi connectivity index (χ0n) is 3.74. The summed E-state index contributed by atoms with van der Waals surface area (Å²) in [7, 11) is 0. The summed E-state index contributed by atoms with van der Waals surface area (Å²) >= 11 is 0.108. The topological polar surface area (TPSA) is 9.23 Å². The van der Waals surface area contributed by atoms with Crippen molar-refractivity contribution < 1.29 is 3.76 Å². The zero-order valence-corrected chi connectivity index (χ0v) is 5.83. The van der Waals surface area contributed by atoms with Gasteiger partial charge in [-0.25, -0.2) is 0 Å². The molecule has 1 saturated heterocycles. The second kappa shape index (κ2) is 2.64. The SMILES string of the molecule is C1C[CH2][Ge][O]C1. The number of hydrogen-bond donors (Lipinski definition) is 0. The molecular weight excluding hydrogens is 137 g/mol. The van der Waals surface area contributed by atoms with Crippen LogP contribution in [-0.4, -0.2) is 22.4 Å². The first-order valence-electron chi connectivity index (χ1n) is 2.35. The Bertz CT molecular complexity index is 23.0. The van der Waals surface area contributed by atoms with Crippen molar-refractivity contribution >= 4 is 15.8 Å². The van der Waals surface area contributed by atoms with Crippen LogP contribution in [0.25, 0.3) is 0 Å². The van der Waals surface area contributed by atoms with Crippen molar-refractivity contribution in [1.29, 1.82) is 0 Å². The molecule has 0 aromatic carbocycles. The molecule has 0 N–H and O–H groups in total. The van der Waals surface area contributed by atoms with Crippen LogP contribution in [0.2, 0.25) is 5.25 Å². The van der Waals surface area contributed by atoms with Crippen molar-refractivity contribution in [2.45, 2.75) is 18.1 Å². The molecule has 34 valence electrons. The van der Waals surface area contributed by atoms with Gasteiger partial charge in [0.2, 0.25) is 0 Å². The summed E-state index contributed by atoms with van der Waals surface area (Å²) in [6.45, 7) is 1.06. The van der Waals surface area contributed by atoms with E-state index in [0.717, 1.165) is 6.61 Å². The summed E-state index contributed by atoms with van der Waals surface area (Å²) < 4.78 is 5.19. The molecule has 1 aliphatic heterocycles. The van der Waals surface area contributed by atoms with E-state index in [1.54, 1.807) is 0 Å². The number of hydrogen-bond acceptors (Lipinski definition) is 1. The summed E-state index contributed by atoms with van der Waals surface area (Å²) in [5.74, 6) is 0. The van der Waals surface area contributed by atoms with E-state index in [1.807, 2.05) is 0 Å². The zero-order chi connectivity index (χ0) is 4.24. The fourth-order valence-electron chi connectivity index (χ4n) is 0.516. The predicted octanol–water partition coefficient (Wildman–Crippen LogP) is 0.834. The number of rotatable bonds is 0. The van der Waals surface area contributed by atoms with Crippen molar-refractivity contribution in [1.82, 2.24) is 0 Å². The van der Waals surface area contributed by atoms with Crippen LogP contribution in [0, 0.1) is 0 Å². The first kappa shape index (κ1) is 4.66. The summed E-state index contributed by atoms with van der Waals surface area (Å²) in [6.07, 6.45) is 2.74. The van der Waals surface area contributed by atoms with Crippen molar-refractivity contribution in [3.8, 4) is 0 Å². The van der Waals surface area contributed by atoms with Crippen LogP contribution in [0.15, 0.2) is 0 Å². The molecule has 0 spiro atoms. The average molecular weight is 145 g/mol. The van der Waals surface area contributed by atoms with Gasteiger partial charge < -0.3 is 0 Å². The monoisotopic (exact) mass is 146 g/mol. The van der Waals surface area contributed by atoms with Gasteiger partial charge in [-0.05, 0) is 0 Å². The van der Waals surface area contributed by atoms with Gasteiger partial charge in [0.1, 0.15) is 0 Å². The van der Waals surface area contributed by atoms with Crippen LogP contribution in [0.1, 0.15) is 12.8 Å². The third kappa shape index (κ3) is 1.31. The molecule has 0 aromatic heterocycles. The summed E-state index contributed by atoms with van der Waals surface area (Å²) in [5, 5.41) is 1.40. The second-order valence-corrected chi connectivity index (χ2v) is 3.71. The Balaban J connectivity index is 2.00. The molecule has 0 aromatic rings. The van der Waals surface area contributed by atoms with E-state index in [4.69, 9.17) is 3.76 Å². The maximum atomic E-state index is 5.19. The summed E-state index contributed by atoms with van der Waals surface area (Å²) in [6, 6.07) is 0. The Morgan fingerprint density at radius 3 is 2.50 bits per heavy atom. The van der Waals surface area contributed by atoms with E-state index < -0.39 is 0 Å². The molecular formula is C4H8GeO. The van der Waals surface area contributed by atoms with E-state index in [0.29, 0.717) is 0 Å². The molecule has 0 saturated carbocycles. The van der Waals surface area contributed by atoms with Crippen LogP contribution in [0.3, 0.4) is 0 Å². The van der Waals surface area contributed by atoms with Crippen LogP contribution in [0.5, 0.6) is 0 Å².